The van der Waals surface area contributed by atoms with Crippen LogP contribution in [0.3, 0.4) is 0 Å². The molecule has 2 aliphatic heterocycles. The highest BCUT2D eigenvalue weighted by Crippen LogP contribution is 2.29. The number of carbonyl (C=O) groups is 1. The van der Waals surface area contributed by atoms with E-state index in [0.29, 0.717) is 17.8 Å². The summed E-state index contributed by atoms with van der Waals surface area (Å²) >= 11 is 0. The lowest BCUT2D eigenvalue weighted by atomic mass is 10.1. The first kappa shape index (κ1) is 13.5. The van der Waals surface area contributed by atoms with Crippen LogP contribution in [0.1, 0.15) is 36.7 Å². The second kappa shape index (κ2) is 5.13. The van der Waals surface area contributed by atoms with Crippen molar-refractivity contribution in [2.75, 3.05) is 25.9 Å². The molecule has 2 N–H and O–H groups in total. The van der Waals surface area contributed by atoms with Gasteiger partial charge in [-0.1, -0.05) is 0 Å². The molecule has 2 saturated heterocycles. The van der Waals surface area contributed by atoms with Crippen LogP contribution in [0.5, 0.6) is 0 Å². The number of anilines is 1. The molecule has 2 aliphatic rings. The predicted octanol–water partition coefficient (Wildman–Crippen LogP) is 1.40. The van der Waals surface area contributed by atoms with Crippen molar-refractivity contribution in [2.45, 2.75) is 44.8 Å². The standard InChI is InChI=1S/C15H24N4O/c1-3-18-9-11(16)8-14(18)15(20)19-7-6-12-4-5-13(10-19)17(12)2/h8-9,12-13H,3-7,10,16H2,1-2H3. The molecule has 1 aromatic heterocycles. The van der Waals surface area contributed by atoms with Crippen LogP contribution in [-0.4, -0.2) is 52.5 Å². The highest BCUT2D eigenvalue weighted by atomic mass is 16.2. The van der Waals surface area contributed by atoms with Gasteiger partial charge in [0, 0.05) is 37.9 Å². The largest absolute Gasteiger partial charge is 0.397 e. The molecule has 3 heterocycles. The number of amides is 1. The van der Waals surface area contributed by atoms with Crippen molar-refractivity contribution >= 4 is 11.6 Å². The molecule has 20 heavy (non-hydrogen) atoms. The topological polar surface area (TPSA) is 54.5 Å². The Morgan fingerprint density at radius 3 is 2.85 bits per heavy atom. The number of nitrogens with two attached hydrogens (primary N) is 1. The van der Waals surface area contributed by atoms with E-state index in [9.17, 15) is 4.79 Å². The maximum Gasteiger partial charge on any atom is 0.270 e. The van der Waals surface area contributed by atoms with Gasteiger partial charge in [-0.15, -0.1) is 0 Å². The Kier molecular flexibility index (Phi) is 3.46. The van der Waals surface area contributed by atoms with Crippen molar-refractivity contribution in [1.29, 1.82) is 0 Å². The van der Waals surface area contributed by atoms with E-state index in [1.165, 1.54) is 12.8 Å². The predicted molar refractivity (Wildman–Crippen MR) is 79.6 cm³/mol. The molecular formula is C15H24N4O. The first-order chi connectivity index (χ1) is 9.60. The monoisotopic (exact) mass is 276 g/mol. The Bertz CT molecular complexity index is 510. The minimum absolute atomic E-state index is 0.129. The van der Waals surface area contributed by atoms with Crippen LogP contribution in [-0.2, 0) is 6.54 Å². The maximum absolute atomic E-state index is 12.8. The molecule has 5 heteroatoms. The van der Waals surface area contributed by atoms with E-state index >= 15 is 0 Å². The number of likely N-dealkylation sites (tertiary alicyclic amines) is 1. The maximum atomic E-state index is 12.8. The summed E-state index contributed by atoms with van der Waals surface area (Å²) in [7, 11) is 2.20. The SMILES string of the molecule is CCn1cc(N)cc1C(=O)N1CCC2CCC(C1)N2C. The molecule has 1 amide bonds. The summed E-state index contributed by atoms with van der Waals surface area (Å²) in [6, 6.07) is 2.98. The Morgan fingerprint density at radius 1 is 1.35 bits per heavy atom. The molecule has 110 valence electrons. The van der Waals surface area contributed by atoms with Crippen molar-refractivity contribution in [2.24, 2.45) is 0 Å². The van der Waals surface area contributed by atoms with Gasteiger partial charge in [0.25, 0.3) is 5.91 Å². The van der Waals surface area contributed by atoms with Crippen LogP contribution < -0.4 is 5.73 Å². The zero-order valence-corrected chi connectivity index (χ0v) is 12.4. The highest BCUT2D eigenvalue weighted by molar-refractivity contribution is 5.94. The minimum Gasteiger partial charge on any atom is -0.397 e. The van der Waals surface area contributed by atoms with Crippen molar-refractivity contribution in [3.63, 3.8) is 0 Å². The minimum atomic E-state index is 0.129. The molecule has 0 spiro atoms. The third kappa shape index (κ3) is 2.20. The van der Waals surface area contributed by atoms with Crippen LogP contribution in [0.25, 0.3) is 0 Å². The Morgan fingerprint density at radius 2 is 2.10 bits per heavy atom. The first-order valence-corrected chi connectivity index (χ1v) is 7.57. The molecule has 0 aliphatic carbocycles. The van der Waals surface area contributed by atoms with Gasteiger partial charge in [0.05, 0.1) is 5.69 Å². The number of likely N-dealkylation sites (N-methyl/N-ethyl adjacent to an activating group) is 1. The van der Waals surface area contributed by atoms with Crippen molar-refractivity contribution in [1.82, 2.24) is 14.4 Å². The van der Waals surface area contributed by atoms with Crippen LogP contribution in [0.2, 0.25) is 0 Å². The van der Waals surface area contributed by atoms with Crippen molar-refractivity contribution in [3.8, 4) is 0 Å². The zero-order chi connectivity index (χ0) is 14.3. The van der Waals surface area contributed by atoms with E-state index in [0.717, 1.165) is 31.7 Å². The van der Waals surface area contributed by atoms with Crippen LogP contribution in [0.15, 0.2) is 12.3 Å². The summed E-state index contributed by atoms with van der Waals surface area (Å²) in [5.74, 6) is 0.129. The Balaban J connectivity index is 1.80. The molecular weight excluding hydrogens is 252 g/mol. The van der Waals surface area contributed by atoms with E-state index < -0.39 is 0 Å². The number of hydrogen-bond donors (Lipinski definition) is 1. The normalized spacial score (nSPS) is 26.8. The molecule has 2 bridgehead atoms. The van der Waals surface area contributed by atoms with Crippen LogP contribution in [0.4, 0.5) is 5.69 Å². The molecule has 0 saturated carbocycles. The average Bonchev–Trinajstić information content (AvgIpc) is 2.90. The van der Waals surface area contributed by atoms with Gasteiger partial charge in [-0.05, 0) is 39.3 Å². The van der Waals surface area contributed by atoms with E-state index in [1.54, 1.807) is 6.07 Å². The van der Waals surface area contributed by atoms with Gasteiger partial charge in [0.15, 0.2) is 0 Å². The average molecular weight is 276 g/mol. The second-order valence-corrected chi connectivity index (χ2v) is 6.04. The molecule has 3 rings (SSSR count). The summed E-state index contributed by atoms with van der Waals surface area (Å²) in [6.07, 6.45) is 5.42. The van der Waals surface area contributed by atoms with E-state index in [2.05, 4.69) is 11.9 Å². The second-order valence-electron chi connectivity index (χ2n) is 6.04. The number of hydrogen-bond acceptors (Lipinski definition) is 3. The van der Waals surface area contributed by atoms with Gasteiger partial charge in [-0.3, -0.25) is 9.69 Å². The number of carbonyl (C=O) groups excluding carboxylic acids is 1. The van der Waals surface area contributed by atoms with E-state index in [-0.39, 0.29) is 5.91 Å². The summed E-state index contributed by atoms with van der Waals surface area (Å²) < 4.78 is 1.95. The molecule has 0 aromatic carbocycles. The van der Waals surface area contributed by atoms with Gasteiger partial charge >= 0.3 is 0 Å². The summed E-state index contributed by atoms with van der Waals surface area (Å²) in [6.45, 7) is 4.52. The molecule has 2 fully saturated rings. The lowest BCUT2D eigenvalue weighted by molar-refractivity contribution is 0.0729. The highest BCUT2D eigenvalue weighted by Gasteiger charge is 2.36. The van der Waals surface area contributed by atoms with Gasteiger partial charge < -0.3 is 15.2 Å². The molecule has 2 unspecified atom stereocenters. The van der Waals surface area contributed by atoms with Gasteiger partial charge in [-0.2, -0.15) is 0 Å². The smallest absolute Gasteiger partial charge is 0.270 e. The van der Waals surface area contributed by atoms with E-state index in [4.69, 9.17) is 5.73 Å². The molecule has 5 nitrogen and oxygen atoms in total. The summed E-state index contributed by atoms with van der Waals surface area (Å²) in [5, 5.41) is 0. The Hall–Kier alpha value is -1.49. The number of nitrogens with zero attached hydrogens (tertiary/aromatic N) is 3. The fourth-order valence-electron chi connectivity index (χ4n) is 3.63. The summed E-state index contributed by atoms with van der Waals surface area (Å²) in [5.41, 5.74) is 7.23. The van der Waals surface area contributed by atoms with E-state index in [1.807, 2.05) is 22.6 Å². The third-order valence-corrected chi connectivity index (χ3v) is 4.91. The van der Waals surface area contributed by atoms with Gasteiger partial charge in [-0.25, -0.2) is 0 Å². The third-order valence-electron chi connectivity index (χ3n) is 4.91. The van der Waals surface area contributed by atoms with Crippen LogP contribution in [0, 0.1) is 0 Å². The number of aromatic nitrogens is 1. The zero-order valence-electron chi connectivity index (χ0n) is 12.4. The fourth-order valence-corrected chi connectivity index (χ4v) is 3.63. The lowest BCUT2D eigenvalue weighted by Crippen LogP contribution is -2.40. The summed E-state index contributed by atoms with van der Waals surface area (Å²) in [4.78, 5) is 17.2. The number of fused-ring (bicyclic) bond motifs is 2. The first-order valence-electron chi connectivity index (χ1n) is 7.57. The lowest BCUT2D eigenvalue weighted by Gasteiger charge is -2.26. The Labute approximate surface area is 120 Å². The molecule has 0 radical (unpaired) electrons. The van der Waals surface area contributed by atoms with Crippen LogP contribution >= 0.6 is 0 Å². The van der Waals surface area contributed by atoms with Crippen molar-refractivity contribution in [3.05, 3.63) is 18.0 Å². The quantitative estimate of drug-likeness (QED) is 0.888. The molecule has 1 aromatic rings. The molecule has 2 atom stereocenters. The van der Waals surface area contributed by atoms with Gasteiger partial charge in [0.2, 0.25) is 0 Å². The number of nitrogen functional groups attached to an aromatic ring is 1. The van der Waals surface area contributed by atoms with Crippen molar-refractivity contribution < 1.29 is 4.79 Å². The number of rotatable bonds is 2. The fraction of sp³-hybridized carbons (Fsp3) is 0.667. The number of aryl methyl sites for hydroxylation is 1. The van der Waals surface area contributed by atoms with Gasteiger partial charge in [0.1, 0.15) is 5.69 Å².